The molecule has 1 atom stereocenters. The highest BCUT2D eigenvalue weighted by molar-refractivity contribution is 5.95. The van der Waals surface area contributed by atoms with Crippen LogP contribution in [0.5, 0.6) is 0 Å². The second kappa shape index (κ2) is 6.40. The third-order valence-electron chi connectivity index (χ3n) is 4.46. The summed E-state index contributed by atoms with van der Waals surface area (Å²) in [6.45, 7) is 5.46. The van der Waals surface area contributed by atoms with Crippen molar-refractivity contribution < 1.29 is 9.21 Å². The maximum atomic E-state index is 12.6. The van der Waals surface area contributed by atoms with Gasteiger partial charge < -0.3 is 14.2 Å². The first-order chi connectivity index (χ1) is 11.1. The SMILES string of the molecule is Cc1ccc(N2CCCC(N(C)C(=O)c3ccoc3C)C2)nn1. The largest absolute Gasteiger partial charge is 0.469 e. The number of aromatic nitrogens is 2. The molecule has 1 fully saturated rings. The molecule has 6 nitrogen and oxygen atoms in total. The summed E-state index contributed by atoms with van der Waals surface area (Å²) in [7, 11) is 1.86. The molecule has 3 rings (SSSR count). The molecule has 1 amide bonds. The number of likely N-dealkylation sites (N-methyl/N-ethyl adjacent to an activating group) is 1. The third kappa shape index (κ3) is 3.21. The second-order valence-electron chi connectivity index (χ2n) is 6.08. The summed E-state index contributed by atoms with van der Waals surface area (Å²) in [5.41, 5.74) is 1.55. The van der Waals surface area contributed by atoms with Gasteiger partial charge in [0.2, 0.25) is 0 Å². The molecule has 0 bridgehead atoms. The first kappa shape index (κ1) is 15.5. The molecule has 1 unspecified atom stereocenters. The number of amides is 1. The first-order valence-electron chi connectivity index (χ1n) is 7.93. The van der Waals surface area contributed by atoms with Crippen molar-refractivity contribution in [1.82, 2.24) is 15.1 Å². The second-order valence-corrected chi connectivity index (χ2v) is 6.08. The summed E-state index contributed by atoms with van der Waals surface area (Å²) in [6, 6.07) is 5.86. The number of piperidine rings is 1. The summed E-state index contributed by atoms with van der Waals surface area (Å²) in [6.07, 6.45) is 3.59. The van der Waals surface area contributed by atoms with Gasteiger partial charge in [-0.1, -0.05) is 0 Å². The lowest BCUT2D eigenvalue weighted by Crippen LogP contribution is -2.49. The van der Waals surface area contributed by atoms with Crippen LogP contribution in [0, 0.1) is 13.8 Å². The van der Waals surface area contributed by atoms with Gasteiger partial charge in [0.1, 0.15) is 5.76 Å². The molecular formula is C17H22N4O2. The lowest BCUT2D eigenvalue weighted by Gasteiger charge is -2.38. The topological polar surface area (TPSA) is 62.5 Å². The van der Waals surface area contributed by atoms with Crippen molar-refractivity contribution in [2.24, 2.45) is 0 Å². The van der Waals surface area contributed by atoms with Crippen LogP contribution < -0.4 is 4.90 Å². The maximum absolute atomic E-state index is 12.6. The molecule has 0 aliphatic carbocycles. The minimum absolute atomic E-state index is 0.0121. The molecule has 6 heteroatoms. The Kier molecular flexibility index (Phi) is 4.32. The molecule has 122 valence electrons. The normalized spacial score (nSPS) is 18.0. The predicted octanol–water partition coefficient (Wildman–Crippen LogP) is 2.43. The van der Waals surface area contributed by atoms with E-state index in [9.17, 15) is 4.79 Å². The van der Waals surface area contributed by atoms with Gasteiger partial charge in [0, 0.05) is 26.2 Å². The molecule has 0 N–H and O–H groups in total. The minimum Gasteiger partial charge on any atom is -0.469 e. The predicted molar refractivity (Wildman–Crippen MR) is 87.5 cm³/mol. The van der Waals surface area contributed by atoms with Crippen LogP contribution in [-0.2, 0) is 0 Å². The van der Waals surface area contributed by atoms with Crippen LogP contribution in [0.25, 0.3) is 0 Å². The van der Waals surface area contributed by atoms with Gasteiger partial charge in [-0.15, -0.1) is 5.10 Å². The van der Waals surface area contributed by atoms with E-state index in [4.69, 9.17) is 4.42 Å². The standard InChI is InChI=1S/C17H22N4O2/c1-12-6-7-16(19-18-12)21-9-4-5-14(11-21)20(3)17(22)15-8-10-23-13(15)2/h6-8,10,14H,4-5,9,11H2,1-3H3. The van der Waals surface area contributed by atoms with Crippen molar-refractivity contribution in [3.8, 4) is 0 Å². The van der Waals surface area contributed by atoms with Gasteiger partial charge in [-0.05, 0) is 44.9 Å². The molecule has 0 aromatic carbocycles. The molecule has 1 aliphatic rings. The Labute approximate surface area is 136 Å². The van der Waals surface area contributed by atoms with Crippen molar-refractivity contribution in [2.45, 2.75) is 32.7 Å². The van der Waals surface area contributed by atoms with Crippen molar-refractivity contribution in [3.63, 3.8) is 0 Å². The van der Waals surface area contributed by atoms with E-state index >= 15 is 0 Å². The molecule has 2 aromatic heterocycles. The van der Waals surface area contributed by atoms with Crippen LogP contribution >= 0.6 is 0 Å². The number of carbonyl (C=O) groups excluding carboxylic acids is 1. The highest BCUT2D eigenvalue weighted by Gasteiger charge is 2.28. The van der Waals surface area contributed by atoms with Gasteiger partial charge in [-0.25, -0.2) is 0 Å². The maximum Gasteiger partial charge on any atom is 0.257 e. The average Bonchev–Trinajstić information content (AvgIpc) is 3.00. The van der Waals surface area contributed by atoms with Crippen LogP contribution in [0.4, 0.5) is 5.82 Å². The summed E-state index contributed by atoms with van der Waals surface area (Å²) in [5.74, 6) is 1.55. The van der Waals surface area contributed by atoms with Crippen molar-refractivity contribution in [3.05, 3.63) is 41.5 Å². The van der Waals surface area contributed by atoms with Crippen LogP contribution in [0.1, 0.15) is 34.7 Å². The molecule has 0 saturated carbocycles. The van der Waals surface area contributed by atoms with Crippen molar-refractivity contribution >= 4 is 11.7 Å². The zero-order chi connectivity index (χ0) is 16.4. The first-order valence-corrected chi connectivity index (χ1v) is 7.93. The fraction of sp³-hybridized carbons (Fsp3) is 0.471. The molecule has 23 heavy (non-hydrogen) atoms. The third-order valence-corrected chi connectivity index (χ3v) is 4.46. The number of hydrogen-bond acceptors (Lipinski definition) is 5. The van der Waals surface area contributed by atoms with E-state index in [1.807, 2.05) is 37.9 Å². The summed E-state index contributed by atoms with van der Waals surface area (Å²) in [4.78, 5) is 16.7. The summed E-state index contributed by atoms with van der Waals surface area (Å²) in [5, 5.41) is 8.39. The fourth-order valence-electron chi connectivity index (χ4n) is 3.00. The van der Waals surface area contributed by atoms with Gasteiger partial charge in [-0.3, -0.25) is 4.79 Å². The number of anilines is 1. The van der Waals surface area contributed by atoms with Gasteiger partial charge in [0.25, 0.3) is 5.91 Å². The molecule has 2 aromatic rings. The Balaban J connectivity index is 1.71. The Morgan fingerprint density at radius 1 is 1.30 bits per heavy atom. The van der Waals surface area contributed by atoms with E-state index in [-0.39, 0.29) is 11.9 Å². The lowest BCUT2D eigenvalue weighted by molar-refractivity contribution is 0.0715. The Hall–Kier alpha value is -2.37. The number of nitrogens with zero attached hydrogens (tertiary/aromatic N) is 4. The van der Waals surface area contributed by atoms with E-state index in [1.165, 1.54) is 0 Å². The van der Waals surface area contributed by atoms with Gasteiger partial charge in [0.15, 0.2) is 5.82 Å². The molecule has 0 spiro atoms. The minimum atomic E-state index is 0.0121. The fourth-order valence-corrected chi connectivity index (χ4v) is 3.00. The molecular weight excluding hydrogens is 292 g/mol. The monoisotopic (exact) mass is 314 g/mol. The number of carbonyl (C=O) groups is 1. The van der Waals surface area contributed by atoms with E-state index in [0.717, 1.165) is 37.4 Å². The van der Waals surface area contributed by atoms with E-state index in [1.54, 1.807) is 12.3 Å². The molecule has 0 radical (unpaired) electrons. The van der Waals surface area contributed by atoms with E-state index < -0.39 is 0 Å². The van der Waals surface area contributed by atoms with Crippen molar-refractivity contribution in [2.75, 3.05) is 25.0 Å². The van der Waals surface area contributed by atoms with E-state index in [2.05, 4.69) is 15.1 Å². The van der Waals surface area contributed by atoms with Crippen molar-refractivity contribution in [1.29, 1.82) is 0 Å². The highest BCUT2D eigenvalue weighted by atomic mass is 16.3. The van der Waals surface area contributed by atoms with Gasteiger partial charge in [-0.2, -0.15) is 5.10 Å². The number of aryl methyl sites for hydroxylation is 2. The number of rotatable bonds is 3. The average molecular weight is 314 g/mol. The van der Waals surface area contributed by atoms with Crippen LogP contribution in [0.15, 0.2) is 28.9 Å². The zero-order valence-corrected chi connectivity index (χ0v) is 13.8. The lowest BCUT2D eigenvalue weighted by atomic mass is 10.0. The van der Waals surface area contributed by atoms with E-state index in [0.29, 0.717) is 11.3 Å². The van der Waals surface area contributed by atoms with Crippen LogP contribution in [0.3, 0.4) is 0 Å². The summed E-state index contributed by atoms with van der Waals surface area (Å²) >= 11 is 0. The Bertz CT molecular complexity index is 680. The molecule has 1 aliphatic heterocycles. The number of furan rings is 1. The highest BCUT2D eigenvalue weighted by Crippen LogP contribution is 2.22. The summed E-state index contributed by atoms with van der Waals surface area (Å²) < 4.78 is 5.25. The van der Waals surface area contributed by atoms with Crippen LogP contribution in [-0.4, -0.2) is 47.2 Å². The number of hydrogen-bond donors (Lipinski definition) is 0. The van der Waals surface area contributed by atoms with Gasteiger partial charge in [0.05, 0.1) is 17.5 Å². The Morgan fingerprint density at radius 2 is 2.13 bits per heavy atom. The molecule has 1 saturated heterocycles. The van der Waals surface area contributed by atoms with Crippen LogP contribution in [0.2, 0.25) is 0 Å². The quantitative estimate of drug-likeness (QED) is 0.870. The van der Waals surface area contributed by atoms with Gasteiger partial charge >= 0.3 is 0 Å². The Morgan fingerprint density at radius 3 is 2.78 bits per heavy atom. The molecule has 3 heterocycles. The smallest absolute Gasteiger partial charge is 0.257 e. The zero-order valence-electron chi connectivity index (χ0n) is 13.8.